The molecule has 0 spiro atoms. The van der Waals surface area contributed by atoms with Crippen molar-refractivity contribution >= 4 is 25.8 Å². The van der Waals surface area contributed by atoms with Crippen molar-refractivity contribution in [1.29, 1.82) is 0 Å². The van der Waals surface area contributed by atoms with Crippen molar-refractivity contribution in [3.63, 3.8) is 0 Å². The van der Waals surface area contributed by atoms with E-state index in [4.69, 9.17) is 4.74 Å². The first-order valence-electron chi connectivity index (χ1n) is 10.8. The molecule has 0 amide bonds. The molecule has 2 aromatic carbocycles. The first kappa shape index (κ1) is 22.8. The molecule has 1 aliphatic carbocycles. The number of nitrogens with one attached hydrogen (secondary N) is 1. The number of sulfone groups is 1. The second kappa shape index (κ2) is 9.22. The number of aliphatic hydroxyl groups excluding tert-OH is 1. The standard InChI is InChI=1S/C24H30BrNO4S/c1-15(18-4-3-5-19(12-18)17-7-8-17)26-22-14-31(28,29)13-20(24(22)27)10-16-6-9-23(30-2)21(25)11-16/h3-6,9,11-12,15,17,20,22,24,26-27H,7-8,10,13-14H2,1-2H3/t15-,20+,22-,24-/m0/s1. The van der Waals surface area contributed by atoms with E-state index in [1.165, 1.54) is 18.4 Å². The minimum atomic E-state index is -3.26. The largest absolute Gasteiger partial charge is 0.496 e. The minimum Gasteiger partial charge on any atom is -0.496 e. The molecule has 31 heavy (non-hydrogen) atoms. The number of aliphatic hydroxyl groups is 1. The molecule has 1 saturated heterocycles. The average molecular weight is 508 g/mol. The summed E-state index contributed by atoms with van der Waals surface area (Å²) in [6, 6.07) is 13.7. The van der Waals surface area contributed by atoms with Crippen LogP contribution in [0.2, 0.25) is 0 Å². The summed E-state index contributed by atoms with van der Waals surface area (Å²) in [7, 11) is -1.65. The highest BCUT2D eigenvalue weighted by Crippen LogP contribution is 2.40. The Hall–Kier alpha value is -1.41. The quantitative estimate of drug-likeness (QED) is 0.592. The minimum absolute atomic E-state index is 0.00153. The van der Waals surface area contributed by atoms with E-state index >= 15 is 0 Å². The fraction of sp³-hybridized carbons (Fsp3) is 0.500. The fourth-order valence-corrected chi connectivity index (χ4v) is 7.11. The summed E-state index contributed by atoms with van der Waals surface area (Å²) in [6.07, 6.45) is 2.24. The van der Waals surface area contributed by atoms with E-state index in [0.717, 1.165) is 21.3 Å². The lowest BCUT2D eigenvalue weighted by atomic mass is 9.90. The van der Waals surface area contributed by atoms with Crippen LogP contribution in [0.25, 0.3) is 0 Å². The normalized spacial score (nSPS) is 26.4. The molecule has 0 unspecified atom stereocenters. The molecule has 7 heteroatoms. The van der Waals surface area contributed by atoms with E-state index in [0.29, 0.717) is 12.3 Å². The summed E-state index contributed by atoms with van der Waals surface area (Å²) in [5.74, 6) is 0.996. The van der Waals surface area contributed by atoms with Crippen LogP contribution in [0.3, 0.4) is 0 Å². The van der Waals surface area contributed by atoms with E-state index in [-0.39, 0.29) is 23.5 Å². The molecule has 1 saturated carbocycles. The van der Waals surface area contributed by atoms with Crippen molar-refractivity contribution < 1.29 is 18.3 Å². The van der Waals surface area contributed by atoms with Gasteiger partial charge in [-0.25, -0.2) is 8.42 Å². The Morgan fingerprint density at radius 3 is 2.65 bits per heavy atom. The molecule has 2 aliphatic rings. The molecule has 0 aromatic heterocycles. The van der Waals surface area contributed by atoms with Crippen molar-refractivity contribution in [2.24, 2.45) is 5.92 Å². The van der Waals surface area contributed by atoms with Gasteiger partial charge in [0.05, 0.1) is 29.2 Å². The number of methoxy groups -OCH3 is 1. The first-order chi connectivity index (χ1) is 14.8. The van der Waals surface area contributed by atoms with E-state index < -0.39 is 22.0 Å². The van der Waals surface area contributed by atoms with Gasteiger partial charge in [0.15, 0.2) is 9.84 Å². The summed E-state index contributed by atoms with van der Waals surface area (Å²) in [4.78, 5) is 0. The molecule has 4 atom stereocenters. The van der Waals surface area contributed by atoms with Crippen LogP contribution in [0.4, 0.5) is 0 Å². The van der Waals surface area contributed by atoms with Crippen LogP contribution in [0, 0.1) is 5.92 Å². The van der Waals surface area contributed by atoms with Crippen molar-refractivity contribution in [2.75, 3.05) is 18.6 Å². The van der Waals surface area contributed by atoms with Crippen LogP contribution in [-0.4, -0.2) is 44.3 Å². The number of hydrogen-bond donors (Lipinski definition) is 2. The Labute approximate surface area is 193 Å². The van der Waals surface area contributed by atoms with Gasteiger partial charge in [-0.2, -0.15) is 0 Å². The highest BCUT2D eigenvalue weighted by Gasteiger charge is 2.40. The molecule has 0 radical (unpaired) electrons. The summed E-state index contributed by atoms with van der Waals surface area (Å²) in [5.41, 5.74) is 3.46. The van der Waals surface area contributed by atoms with Gasteiger partial charge in [-0.1, -0.05) is 30.3 Å². The molecule has 1 heterocycles. The smallest absolute Gasteiger partial charge is 0.152 e. The number of rotatable bonds is 7. The van der Waals surface area contributed by atoms with Crippen LogP contribution in [-0.2, 0) is 16.3 Å². The summed E-state index contributed by atoms with van der Waals surface area (Å²) >= 11 is 3.48. The zero-order valence-electron chi connectivity index (χ0n) is 17.9. The molecular weight excluding hydrogens is 478 g/mol. The van der Waals surface area contributed by atoms with Crippen molar-refractivity contribution in [2.45, 2.75) is 50.3 Å². The number of ether oxygens (including phenoxy) is 1. The van der Waals surface area contributed by atoms with Gasteiger partial charge in [0.25, 0.3) is 0 Å². The Morgan fingerprint density at radius 2 is 1.97 bits per heavy atom. The number of benzene rings is 2. The van der Waals surface area contributed by atoms with Crippen molar-refractivity contribution in [3.05, 3.63) is 63.6 Å². The van der Waals surface area contributed by atoms with Crippen LogP contribution < -0.4 is 10.1 Å². The predicted molar refractivity (Wildman–Crippen MR) is 126 cm³/mol. The number of hydrogen-bond acceptors (Lipinski definition) is 5. The molecule has 1 aliphatic heterocycles. The first-order valence-corrected chi connectivity index (χ1v) is 13.4. The average Bonchev–Trinajstić information content (AvgIpc) is 3.57. The third kappa shape index (κ3) is 5.51. The Balaban J connectivity index is 1.48. The Kier molecular flexibility index (Phi) is 6.77. The fourth-order valence-electron chi connectivity index (χ4n) is 4.58. The summed E-state index contributed by atoms with van der Waals surface area (Å²) in [5, 5.41) is 14.5. The van der Waals surface area contributed by atoms with Gasteiger partial charge in [0.2, 0.25) is 0 Å². The molecule has 168 valence electrons. The van der Waals surface area contributed by atoms with Gasteiger partial charge in [-0.05, 0) is 76.9 Å². The van der Waals surface area contributed by atoms with Gasteiger partial charge in [0, 0.05) is 18.0 Å². The second-order valence-electron chi connectivity index (χ2n) is 8.94. The van der Waals surface area contributed by atoms with E-state index in [1.54, 1.807) is 7.11 Å². The maximum Gasteiger partial charge on any atom is 0.152 e. The molecule has 2 aromatic rings. The van der Waals surface area contributed by atoms with Gasteiger partial charge in [-0.3, -0.25) is 0 Å². The topological polar surface area (TPSA) is 75.6 Å². The summed E-state index contributed by atoms with van der Waals surface area (Å²) in [6.45, 7) is 2.04. The lowest BCUT2D eigenvalue weighted by Gasteiger charge is -2.37. The van der Waals surface area contributed by atoms with Crippen molar-refractivity contribution in [3.8, 4) is 5.75 Å². The molecule has 0 bridgehead atoms. The van der Waals surface area contributed by atoms with Gasteiger partial charge in [0.1, 0.15) is 5.75 Å². The van der Waals surface area contributed by atoms with E-state index in [2.05, 4.69) is 45.5 Å². The van der Waals surface area contributed by atoms with Gasteiger partial charge in [-0.15, -0.1) is 0 Å². The SMILES string of the molecule is COc1ccc(C[C@@H]2CS(=O)(=O)C[C@H](N[C@@H](C)c3cccc(C4CC4)c3)[C@H]2O)cc1Br. The van der Waals surface area contributed by atoms with E-state index in [9.17, 15) is 13.5 Å². The van der Waals surface area contributed by atoms with Gasteiger partial charge >= 0.3 is 0 Å². The van der Waals surface area contributed by atoms with Crippen LogP contribution >= 0.6 is 15.9 Å². The maximum atomic E-state index is 12.7. The third-order valence-corrected chi connectivity index (χ3v) is 8.86. The zero-order chi connectivity index (χ0) is 22.2. The molecule has 2 fully saturated rings. The lowest BCUT2D eigenvalue weighted by Crippen LogP contribution is -2.55. The highest BCUT2D eigenvalue weighted by molar-refractivity contribution is 9.10. The maximum absolute atomic E-state index is 12.7. The Bertz CT molecular complexity index is 1040. The predicted octanol–water partition coefficient (Wildman–Crippen LogP) is 4.00. The molecular formula is C24H30BrNO4S. The monoisotopic (exact) mass is 507 g/mol. The van der Waals surface area contributed by atoms with Crippen molar-refractivity contribution in [1.82, 2.24) is 5.32 Å². The Morgan fingerprint density at radius 1 is 1.19 bits per heavy atom. The second-order valence-corrected chi connectivity index (χ2v) is 11.9. The number of halogens is 1. The van der Waals surface area contributed by atoms with E-state index in [1.807, 2.05) is 25.1 Å². The van der Waals surface area contributed by atoms with Gasteiger partial charge < -0.3 is 15.2 Å². The summed E-state index contributed by atoms with van der Waals surface area (Å²) < 4.78 is 31.4. The van der Waals surface area contributed by atoms with Crippen LogP contribution in [0.1, 0.15) is 48.4 Å². The molecule has 5 nitrogen and oxygen atoms in total. The van der Waals surface area contributed by atoms with Crippen LogP contribution in [0.15, 0.2) is 46.9 Å². The molecule has 4 rings (SSSR count). The highest BCUT2D eigenvalue weighted by atomic mass is 79.9. The van der Waals surface area contributed by atoms with Crippen LogP contribution in [0.5, 0.6) is 5.75 Å². The third-order valence-electron chi connectivity index (χ3n) is 6.43. The molecule has 2 N–H and O–H groups in total. The zero-order valence-corrected chi connectivity index (χ0v) is 20.3. The lowest BCUT2D eigenvalue weighted by molar-refractivity contribution is 0.0747.